The highest BCUT2D eigenvalue weighted by molar-refractivity contribution is 5.99. The highest BCUT2D eigenvalue weighted by Crippen LogP contribution is 2.26. The molecule has 1 unspecified atom stereocenters. The van der Waals surface area contributed by atoms with E-state index in [1.165, 1.54) is 0 Å². The molecule has 0 fully saturated rings. The fourth-order valence-electron chi connectivity index (χ4n) is 4.10. The zero-order valence-electron chi connectivity index (χ0n) is 25.7. The SMILES string of the molecule is COC(=O)C(CCC(=O)NCCOCCOCCN)NC(=O)c1ccc(N(Cc2cnc3nc(N)[nH]c(=O)c3n2)C(=O)C(F)(F)F)cc1. The maximum Gasteiger partial charge on any atom is 0.471 e. The fourth-order valence-corrected chi connectivity index (χ4v) is 4.10. The van der Waals surface area contributed by atoms with Crippen LogP contribution < -0.4 is 32.6 Å². The van der Waals surface area contributed by atoms with Crippen LogP contribution in [0, 0.1) is 0 Å². The average Bonchev–Trinajstić information content (AvgIpc) is 3.05. The maximum absolute atomic E-state index is 13.5. The summed E-state index contributed by atoms with van der Waals surface area (Å²) in [6.07, 6.45) is -4.53. The van der Waals surface area contributed by atoms with Crippen LogP contribution in [0.2, 0.25) is 0 Å². The van der Waals surface area contributed by atoms with Crippen molar-refractivity contribution in [3.05, 3.63) is 52.1 Å². The zero-order chi connectivity index (χ0) is 35.3. The number of alkyl halides is 3. The number of H-pyrrole nitrogens is 1. The molecule has 0 aliphatic heterocycles. The number of carbonyl (C=O) groups excluding carboxylic acids is 4. The summed E-state index contributed by atoms with van der Waals surface area (Å²) < 4.78 is 55.8. The number of rotatable bonds is 17. The number of methoxy groups -OCH3 is 1. The highest BCUT2D eigenvalue weighted by Gasteiger charge is 2.43. The van der Waals surface area contributed by atoms with E-state index in [1.807, 2.05) is 0 Å². The van der Waals surface area contributed by atoms with Crippen molar-refractivity contribution >= 4 is 46.5 Å². The van der Waals surface area contributed by atoms with Gasteiger partial charge in [-0.05, 0) is 30.7 Å². The Morgan fingerprint density at radius 2 is 1.73 bits per heavy atom. The van der Waals surface area contributed by atoms with Gasteiger partial charge in [0.1, 0.15) is 6.04 Å². The number of amides is 3. The van der Waals surface area contributed by atoms with Gasteiger partial charge in [0.25, 0.3) is 11.5 Å². The lowest BCUT2D eigenvalue weighted by molar-refractivity contribution is -0.170. The van der Waals surface area contributed by atoms with Crippen LogP contribution in [0.5, 0.6) is 0 Å². The quantitative estimate of drug-likeness (QED) is 0.0896. The molecule has 3 aromatic rings. The van der Waals surface area contributed by atoms with Crippen molar-refractivity contribution in [3.63, 3.8) is 0 Å². The minimum absolute atomic E-state index is 0.0789. The number of fused-ring (bicyclic) bond motifs is 1. The molecule has 0 saturated heterocycles. The van der Waals surface area contributed by atoms with Crippen molar-refractivity contribution in [1.29, 1.82) is 0 Å². The lowest BCUT2D eigenvalue weighted by Gasteiger charge is -2.24. The van der Waals surface area contributed by atoms with Gasteiger partial charge in [0.05, 0.1) is 52.0 Å². The van der Waals surface area contributed by atoms with Gasteiger partial charge < -0.3 is 36.3 Å². The number of nitrogens with one attached hydrogen (secondary N) is 3. The number of hydrogen-bond donors (Lipinski definition) is 5. The number of esters is 1. The fraction of sp³-hybridized carbons (Fsp3) is 0.429. The summed E-state index contributed by atoms with van der Waals surface area (Å²) in [5, 5.41) is 5.05. The topological polar surface area (TPSA) is 247 Å². The van der Waals surface area contributed by atoms with E-state index in [0.717, 1.165) is 37.6 Å². The van der Waals surface area contributed by atoms with Gasteiger partial charge in [0.2, 0.25) is 11.9 Å². The number of nitrogens with zero attached hydrogens (tertiary/aromatic N) is 4. The van der Waals surface area contributed by atoms with Crippen molar-refractivity contribution < 1.29 is 46.6 Å². The van der Waals surface area contributed by atoms with E-state index < -0.39 is 48.0 Å². The molecule has 7 N–H and O–H groups in total. The molecule has 0 bridgehead atoms. The maximum atomic E-state index is 13.5. The molecule has 17 nitrogen and oxygen atoms in total. The molecule has 3 amide bonds. The third-order valence-electron chi connectivity index (χ3n) is 6.39. The summed E-state index contributed by atoms with van der Waals surface area (Å²) in [5.74, 6) is -4.54. The molecule has 2 aromatic heterocycles. The van der Waals surface area contributed by atoms with E-state index >= 15 is 0 Å². The Morgan fingerprint density at radius 1 is 1.04 bits per heavy atom. The smallest absolute Gasteiger partial charge is 0.467 e. The second kappa shape index (κ2) is 17.6. The molecule has 1 aromatic carbocycles. The van der Waals surface area contributed by atoms with Gasteiger partial charge in [-0.1, -0.05) is 0 Å². The summed E-state index contributed by atoms with van der Waals surface area (Å²) in [7, 11) is 1.10. The predicted molar refractivity (Wildman–Crippen MR) is 162 cm³/mol. The average molecular weight is 682 g/mol. The number of benzene rings is 1. The van der Waals surface area contributed by atoms with E-state index in [-0.39, 0.29) is 60.1 Å². The molecular weight excluding hydrogens is 647 g/mol. The molecule has 48 heavy (non-hydrogen) atoms. The Morgan fingerprint density at radius 3 is 2.38 bits per heavy atom. The third kappa shape index (κ3) is 11.0. The van der Waals surface area contributed by atoms with Crippen LogP contribution >= 0.6 is 0 Å². The number of hydrogen-bond acceptors (Lipinski definition) is 13. The van der Waals surface area contributed by atoms with Crippen molar-refractivity contribution in [2.24, 2.45) is 5.73 Å². The predicted octanol–water partition coefficient (Wildman–Crippen LogP) is -0.449. The Kier molecular flexibility index (Phi) is 13.7. The second-order valence-corrected chi connectivity index (χ2v) is 9.87. The Bertz CT molecular complexity index is 1640. The molecule has 3 rings (SSSR count). The normalized spacial score (nSPS) is 11.9. The lowest BCUT2D eigenvalue weighted by Crippen LogP contribution is -2.42. The molecule has 0 aliphatic carbocycles. The second-order valence-electron chi connectivity index (χ2n) is 9.87. The van der Waals surface area contributed by atoms with E-state index in [1.54, 1.807) is 0 Å². The van der Waals surface area contributed by atoms with Crippen molar-refractivity contribution in [2.45, 2.75) is 31.6 Å². The van der Waals surface area contributed by atoms with Gasteiger partial charge in [-0.3, -0.25) is 29.1 Å². The van der Waals surface area contributed by atoms with E-state index in [4.69, 9.17) is 25.7 Å². The van der Waals surface area contributed by atoms with Gasteiger partial charge in [0, 0.05) is 30.8 Å². The van der Waals surface area contributed by atoms with Gasteiger partial charge >= 0.3 is 18.1 Å². The van der Waals surface area contributed by atoms with Crippen LogP contribution in [0.4, 0.5) is 24.8 Å². The molecule has 0 radical (unpaired) electrons. The lowest BCUT2D eigenvalue weighted by atomic mass is 10.1. The Balaban J connectivity index is 1.65. The van der Waals surface area contributed by atoms with E-state index in [2.05, 4.69) is 30.6 Å². The summed E-state index contributed by atoms with van der Waals surface area (Å²) in [6, 6.07) is 3.19. The molecule has 20 heteroatoms. The van der Waals surface area contributed by atoms with Crippen molar-refractivity contribution in [3.8, 4) is 0 Å². The van der Waals surface area contributed by atoms with Crippen LogP contribution in [0.25, 0.3) is 11.2 Å². The van der Waals surface area contributed by atoms with Crippen molar-refractivity contribution in [1.82, 2.24) is 30.6 Å². The van der Waals surface area contributed by atoms with Gasteiger partial charge in [0.15, 0.2) is 11.2 Å². The molecule has 1 atom stereocenters. The summed E-state index contributed by atoms with van der Waals surface area (Å²) in [5.41, 5.74) is 9.01. The number of nitrogens with two attached hydrogens (primary N) is 2. The van der Waals surface area contributed by atoms with Crippen LogP contribution in [0.3, 0.4) is 0 Å². The van der Waals surface area contributed by atoms with Gasteiger partial charge in [-0.15, -0.1) is 0 Å². The van der Waals surface area contributed by atoms with Crippen LogP contribution in [0.15, 0.2) is 35.3 Å². The molecule has 260 valence electrons. The number of carbonyl (C=O) groups is 4. The third-order valence-corrected chi connectivity index (χ3v) is 6.39. The zero-order valence-corrected chi connectivity index (χ0v) is 25.7. The standard InChI is InChI=1S/C28H34F3N9O8/c1-46-25(44)19(6-7-20(41)34-9-11-48-13-12-47-10-8-32)37-23(42)16-2-4-18(5-3-16)40(26(45)28(29,30)31)15-17-14-35-22-21(36-17)24(43)39-27(33)38-22/h2-5,14,19H,6-13,15,32H2,1H3,(H,34,41)(H,37,42)(H3,33,35,38,39,43). The summed E-state index contributed by atoms with van der Waals surface area (Å²) in [4.78, 5) is 76.2. The first-order valence-electron chi connectivity index (χ1n) is 14.3. The Labute approximate surface area is 270 Å². The summed E-state index contributed by atoms with van der Waals surface area (Å²) in [6.45, 7) is 1.15. The molecule has 0 spiro atoms. The number of aromatic amines is 1. The highest BCUT2D eigenvalue weighted by atomic mass is 19.4. The van der Waals surface area contributed by atoms with Crippen molar-refractivity contribution in [2.75, 3.05) is 57.3 Å². The first-order chi connectivity index (χ1) is 22.8. The minimum Gasteiger partial charge on any atom is -0.467 e. The van der Waals surface area contributed by atoms with Crippen LogP contribution in [-0.4, -0.2) is 102 Å². The van der Waals surface area contributed by atoms with Gasteiger partial charge in [-0.2, -0.15) is 18.2 Å². The number of ether oxygens (including phenoxy) is 3. The first kappa shape index (κ1) is 37.2. The van der Waals surface area contributed by atoms with Crippen LogP contribution in [-0.2, 0) is 35.1 Å². The van der Waals surface area contributed by atoms with Crippen LogP contribution in [0.1, 0.15) is 28.9 Å². The number of anilines is 2. The van der Waals surface area contributed by atoms with E-state index in [0.29, 0.717) is 31.3 Å². The Hall–Kier alpha value is -5.21. The number of aromatic nitrogens is 4. The van der Waals surface area contributed by atoms with Gasteiger partial charge in [-0.25, -0.2) is 14.8 Å². The first-order valence-corrected chi connectivity index (χ1v) is 14.3. The molecular formula is C28H34F3N9O8. The number of nitrogen functional groups attached to an aromatic ring is 1. The van der Waals surface area contributed by atoms with E-state index in [9.17, 15) is 37.1 Å². The number of halogens is 3. The molecule has 2 heterocycles. The largest absolute Gasteiger partial charge is 0.471 e. The summed E-state index contributed by atoms with van der Waals surface area (Å²) >= 11 is 0. The monoisotopic (exact) mass is 681 g/mol. The molecule has 0 saturated carbocycles. The minimum atomic E-state index is -5.29. The molecule has 0 aliphatic rings.